The van der Waals surface area contributed by atoms with E-state index in [1.807, 2.05) is 4.90 Å². The minimum absolute atomic E-state index is 0.104. The van der Waals surface area contributed by atoms with Crippen molar-refractivity contribution in [2.24, 2.45) is 5.92 Å². The van der Waals surface area contributed by atoms with E-state index in [1.165, 1.54) is 6.07 Å². The molecule has 0 aromatic carbocycles. The number of carbonyl (C=O) groups excluding carboxylic acids is 2. The van der Waals surface area contributed by atoms with E-state index in [9.17, 15) is 14.4 Å². The minimum atomic E-state index is -0.318. The largest absolute Gasteiger partial charge is 0.384 e. The second-order valence-electron chi connectivity index (χ2n) is 7.07. The molecule has 9 heteroatoms. The number of methoxy groups -OCH3 is 1. The normalized spacial score (nSPS) is 26.0. The summed E-state index contributed by atoms with van der Waals surface area (Å²) in [5.74, 6) is 0.330. The van der Waals surface area contributed by atoms with E-state index in [4.69, 9.17) is 14.0 Å². The van der Waals surface area contributed by atoms with Gasteiger partial charge in [-0.3, -0.25) is 14.4 Å². The van der Waals surface area contributed by atoms with Crippen molar-refractivity contribution in [1.82, 2.24) is 15.4 Å². The van der Waals surface area contributed by atoms with Gasteiger partial charge in [-0.05, 0) is 19.3 Å². The average molecular weight is 381 g/mol. The molecule has 9 nitrogen and oxygen atoms in total. The summed E-state index contributed by atoms with van der Waals surface area (Å²) in [6.45, 7) is 2.41. The molecule has 2 aliphatic rings. The lowest BCUT2D eigenvalue weighted by molar-refractivity contribution is -0.142. The number of ether oxygens (including phenoxy) is 2. The van der Waals surface area contributed by atoms with Gasteiger partial charge in [0.25, 0.3) is 5.56 Å². The first-order chi connectivity index (χ1) is 13.1. The van der Waals surface area contributed by atoms with Crippen LogP contribution in [0.15, 0.2) is 15.4 Å². The quantitative estimate of drug-likeness (QED) is 0.720. The Balaban J connectivity index is 1.53. The topological polar surface area (TPSA) is 114 Å². The van der Waals surface area contributed by atoms with E-state index in [2.05, 4.69) is 10.5 Å². The number of morpholine rings is 1. The molecule has 27 heavy (non-hydrogen) atoms. The first kappa shape index (κ1) is 19.6. The summed E-state index contributed by atoms with van der Waals surface area (Å²) in [6.07, 6.45) is 2.50. The highest BCUT2D eigenvalue weighted by atomic mass is 16.5. The van der Waals surface area contributed by atoms with Crippen LogP contribution in [0.4, 0.5) is 0 Å². The Bertz CT molecular complexity index is 693. The number of aromatic nitrogens is 1. The van der Waals surface area contributed by atoms with Crippen molar-refractivity contribution in [3.8, 4) is 0 Å². The molecule has 1 aromatic rings. The number of nitrogens with one attached hydrogen (secondary N) is 2. The Morgan fingerprint density at radius 1 is 1.33 bits per heavy atom. The molecular formula is C18H27N3O6. The van der Waals surface area contributed by atoms with Crippen molar-refractivity contribution in [1.29, 1.82) is 0 Å². The van der Waals surface area contributed by atoms with E-state index in [0.29, 0.717) is 44.9 Å². The number of nitrogens with zero attached hydrogens (tertiary/aromatic N) is 1. The molecule has 150 valence electrons. The third-order valence-electron chi connectivity index (χ3n) is 5.28. The lowest BCUT2D eigenvalue weighted by Gasteiger charge is -2.38. The van der Waals surface area contributed by atoms with Crippen molar-refractivity contribution in [3.05, 3.63) is 22.2 Å². The van der Waals surface area contributed by atoms with E-state index < -0.39 is 0 Å². The van der Waals surface area contributed by atoms with Crippen LogP contribution in [0.5, 0.6) is 0 Å². The molecule has 0 unspecified atom stereocenters. The Kier molecular flexibility index (Phi) is 6.68. The average Bonchev–Trinajstić information content (AvgIpc) is 3.11. The van der Waals surface area contributed by atoms with E-state index in [0.717, 1.165) is 12.8 Å². The van der Waals surface area contributed by atoms with Gasteiger partial charge in [0.1, 0.15) is 5.76 Å². The van der Waals surface area contributed by atoms with Crippen LogP contribution >= 0.6 is 0 Å². The van der Waals surface area contributed by atoms with Crippen LogP contribution in [0.2, 0.25) is 0 Å². The van der Waals surface area contributed by atoms with Gasteiger partial charge in [-0.2, -0.15) is 5.16 Å². The molecule has 1 saturated heterocycles. The van der Waals surface area contributed by atoms with Gasteiger partial charge >= 0.3 is 0 Å². The predicted molar refractivity (Wildman–Crippen MR) is 95.1 cm³/mol. The fourth-order valence-electron chi connectivity index (χ4n) is 3.80. The predicted octanol–water partition coefficient (Wildman–Crippen LogP) is 0.0592. The molecule has 2 fully saturated rings. The number of rotatable bonds is 6. The highest BCUT2D eigenvalue weighted by Gasteiger charge is 2.36. The zero-order chi connectivity index (χ0) is 19.2. The van der Waals surface area contributed by atoms with Gasteiger partial charge in [-0.15, -0.1) is 0 Å². The zero-order valence-electron chi connectivity index (χ0n) is 15.6. The molecular weight excluding hydrogens is 354 g/mol. The van der Waals surface area contributed by atoms with Crippen molar-refractivity contribution >= 4 is 11.8 Å². The van der Waals surface area contributed by atoms with Crippen LogP contribution in [-0.4, -0.2) is 67.4 Å². The highest BCUT2D eigenvalue weighted by Crippen LogP contribution is 2.28. The van der Waals surface area contributed by atoms with Crippen LogP contribution < -0.4 is 10.9 Å². The number of hydrogen-bond donors (Lipinski definition) is 2. The third-order valence-corrected chi connectivity index (χ3v) is 5.28. The van der Waals surface area contributed by atoms with Crippen molar-refractivity contribution < 1.29 is 23.6 Å². The van der Waals surface area contributed by atoms with Gasteiger partial charge in [-0.1, -0.05) is 0 Å². The van der Waals surface area contributed by atoms with Crippen LogP contribution in [-0.2, 0) is 25.5 Å². The molecule has 2 N–H and O–H groups in total. The van der Waals surface area contributed by atoms with Crippen LogP contribution in [0.1, 0.15) is 31.4 Å². The number of carbonyl (C=O) groups is 2. The summed E-state index contributed by atoms with van der Waals surface area (Å²) in [5, 5.41) is 5.20. The van der Waals surface area contributed by atoms with Crippen LogP contribution in [0.3, 0.4) is 0 Å². The van der Waals surface area contributed by atoms with E-state index >= 15 is 0 Å². The summed E-state index contributed by atoms with van der Waals surface area (Å²) >= 11 is 0. The van der Waals surface area contributed by atoms with Crippen LogP contribution in [0, 0.1) is 5.92 Å². The fraction of sp³-hybridized carbons (Fsp3) is 0.722. The van der Waals surface area contributed by atoms with Crippen molar-refractivity contribution in [3.63, 3.8) is 0 Å². The molecule has 2 heterocycles. The molecule has 1 aliphatic heterocycles. The summed E-state index contributed by atoms with van der Waals surface area (Å²) < 4.78 is 15.8. The molecule has 0 spiro atoms. The molecule has 1 aliphatic carbocycles. The summed E-state index contributed by atoms with van der Waals surface area (Å²) in [4.78, 5) is 38.0. The molecule has 2 amide bonds. The first-order valence-electron chi connectivity index (χ1n) is 9.43. The van der Waals surface area contributed by atoms with Crippen molar-refractivity contribution in [2.75, 3.05) is 33.4 Å². The lowest BCUT2D eigenvalue weighted by Crippen LogP contribution is -2.52. The Labute approximate surface area is 157 Å². The molecule has 1 aromatic heterocycles. The van der Waals surface area contributed by atoms with Gasteiger partial charge < -0.3 is 24.2 Å². The van der Waals surface area contributed by atoms with E-state index in [1.54, 1.807) is 7.11 Å². The molecule has 0 bridgehead atoms. The van der Waals surface area contributed by atoms with Crippen LogP contribution in [0.25, 0.3) is 0 Å². The highest BCUT2D eigenvalue weighted by molar-refractivity contribution is 5.80. The van der Waals surface area contributed by atoms with Gasteiger partial charge in [-0.25, -0.2) is 0 Å². The fourth-order valence-corrected chi connectivity index (χ4v) is 3.80. The Hall–Kier alpha value is -2.13. The maximum Gasteiger partial charge on any atom is 0.280 e. The molecule has 3 rings (SSSR count). The summed E-state index contributed by atoms with van der Waals surface area (Å²) in [5.41, 5.74) is -0.318. The standard InChI is InChI=1S/C18H27N3O6/c1-25-15-4-2-12(18(24)21-6-8-26-9-7-21)10-14(15)19-16(22)5-3-13-11-17(23)20-27-13/h11-12,14-15H,2-10H2,1H3,(H,19,22)(H,20,23)/t12-,14+,15+/m0/s1. The lowest BCUT2D eigenvalue weighted by atomic mass is 9.82. The second kappa shape index (κ2) is 9.18. The first-order valence-corrected chi connectivity index (χ1v) is 9.43. The molecule has 1 saturated carbocycles. The number of hydrogen-bond acceptors (Lipinski definition) is 6. The van der Waals surface area contributed by atoms with Gasteiger partial charge in [0, 0.05) is 45.0 Å². The SMILES string of the molecule is CO[C@@H]1CC[C@H](C(=O)N2CCOCC2)C[C@H]1NC(=O)CCc1cc(=O)[nH]o1. The third kappa shape index (κ3) is 5.20. The Morgan fingerprint density at radius 3 is 2.78 bits per heavy atom. The smallest absolute Gasteiger partial charge is 0.280 e. The van der Waals surface area contributed by atoms with Crippen molar-refractivity contribution in [2.45, 2.75) is 44.2 Å². The number of aryl methyl sites for hydroxylation is 1. The number of aromatic amines is 1. The molecule has 0 radical (unpaired) electrons. The van der Waals surface area contributed by atoms with Gasteiger partial charge in [0.2, 0.25) is 11.8 Å². The minimum Gasteiger partial charge on any atom is -0.384 e. The molecule has 3 atom stereocenters. The number of H-pyrrole nitrogens is 1. The maximum absolute atomic E-state index is 12.8. The summed E-state index contributed by atoms with van der Waals surface area (Å²) in [6, 6.07) is 1.13. The van der Waals surface area contributed by atoms with Gasteiger partial charge in [0.15, 0.2) is 0 Å². The monoisotopic (exact) mass is 381 g/mol. The Morgan fingerprint density at radius 2 is 2.11 bits per heavy atom. The maximum atomic E-state index is 12.8. The second-order valence-corrected chi connectivity index (χ2v) is 7.07. The summed E-state index contributed by atoms with van der Waals surface area (Å²) in [7, 11) is 1.63. The number of amides is 2. The van der Waals surface area contributed by atoms with Gasteiger partial charge in [0.05, 0.1) is 25.4 Å². The zero-order valence-corrected chi connectivity index (χ0v) is 15.6. The van der Waals surface area contributed by atoms with E-state index in [-0.39, 0.29) is 41.9 Å².